The van der Waals surface area contributed by atoms with E-state index >= 15 is 0 Å². The number of nitrogens with one attached hydrogen (secondary N) is 1. The second-order valence-electron chi connectivity index (χ2n) is 3.30. The van der Waals surface area contributed by atoms with E-state index < -0.39 is 0 Å². The van der Waals surface area contributed by atoms with E-state index in [2.05, 4.69) is 28.3 Å². The molecule has 2 heterocycles. The quantitative estimate of drug-likeness (QED) is 0.780. The van der Waals surface area contributed by atoms with Crippen molar-refractivity contribution in [3.05, 3.63) is 36.2 Å². The Hall–Kier alpha value is -1.48. The Labute approximate surface area is 83.2 Å². The minimum Gasteiger partial charge on any atom is -0.312 e. The van der Waals surface area contributed by atoms with Crippen molar-refractivity contribution in [3.8, 4) is 0 Å². The zero-order valence-corrected chi connectivity index (χ0v) is 8.36. The molecule has 2 aromatic heterocycles. The third-order valence-electron chi connectivity index (χ3n) is 2.36. The number of hydrogen-bond acceptors (Lipinski definition) is 3. The van der Waals surface area contributed by atoms with Crippen LogP contribution in [0.4, 0.5) is 0 Å². The topological polar surface area (TPSA) is 37.8 Å². The molecule has 0 saturated heterocycles. The molecule has 72 valence electrons. The van der Waals surface area contributed by atoms with Crippen LogP contribution >= 0.6 is 0 Å². The zero-order chi connectivity index (χ0) is 9.97. The second-order valence-corrected chi connectivity index (χ2v) is 3.30. The van der Waals surface area contributed by atoms with Gasteiger partial charge in [-0.3, -0.25) is 0 Å². The van der Waals surface area contributed by atoms with Crippen molar-refractivity contribution in [2.24, 2.45) is 0 Å². The van der Waals surface area contributed by atoms with E-state index in [0.29, 0.717) is 0 Å². The van der Waals surface area contributed by atoms with Crippen molar-refractivity contribution in [3.63, 3.8) is 0 Å². The van der Waals surface area contributed by atoms with Crippen LogP contribution in [-0.4, -0.2) is 17.0 Å². The SMILES string of the molecule is CNC(C)c1ccc2cccnc2n1. The Morgan fingerprint density at radius 3 is 2.93 bits per heavy atom. The summed E-state index contributed by atoms with van der Waals surface area (Å²) in [7, 11) is 1.93. The van der Waals surface area contributed by atoms with E-state index in [1.165, 1.54) is 0 Å². The van der Waals surface area contributed by atoms with Crippen LogP contribution in [0.1, 0.15) is 18.7 Å². The molecule has 0 aliphatic heterocycles. The fourth-order valence-electron chi connectivity index (χ4n) is 1.36. The summed E-state index contributed by atoms with van der Waals surface area (Å²) in [6.45, 7) is 2.08. The number of aromatic nitrogens is 2. The average molecular weight is 187 g/mol. The van der Waals surface area contributed by atoms with Crippen molar-refractivity contribution in [1.82, 2.24) is 15.3 Å². The number of nitrogens with zero attached hydrogens (tertiary/aromatic N) is 2. The summed E-state index contributed by atoms with van der Waals surface area (Å²) < 4.78 is 0. The molecule has 0 bridgehead atoms. The van der Waals surface area contributed by atoms with Gasteiger partial charge in [-0.15, -0.1) is 0 Å². The van der Waals surface area contributed by atoms with Crippen LogP contribution in [-0.2, 0) is 0 Å². The molecular formula is C11H13N3. The monoisotopic (exact) mass is 187 g/mol. The molecule has 14 heavy (non-hydrogen) atoms. The molecule has 0 fully saturated rings. The zero-order valence-electron chi connectivity index (χ0n) is 8.36. The molecule has 0 aliphatic rings. The highest BCUT2D eigenvalue weighted by molar-refractivity contribution is 5.74. The minimum atomic E-state index is 0.265. The lowest BCUT2D eigenvalue weighted by atomic mass is 10.2. The molecule has 0 saturated carbocycles. The molecule has 1 unspecified atom stereocenters. The van der Waals surface area contributed by atoms with Gasteiger partial charge in [0.25, 0.3) is 0 Å². The number of fused-ring (bicyclic) bond motifs is 1. The van der Waals surface area contributed by atoms with Gasteiger partial charge in [-0.1, -0.05) is 0 Å². The van der Waals surface area contributed by atoms with E-state index in [1.54, 1.807) is 6.20 Å². The summed E-state index contributed by atoms with van der Waals surface area (Å²) in [5.74, 6) is 0. The maximum absolute atomic E-state index is 4.47. The third-order valence-corrected chi connectivity index (χ3v) is 2.36. The first-order valence-corrected chi connectivity index (χ1v) is 4.70. The van der Waals surface area contributed by atoms with E-state index in [4.69, 9.17) is 0 Å². The number of pyridine rings is 2. The van der Waals surface area contributed by atoms with Crippen molar-refractivity contribution < 1.29 is 0 Å². The fourth-order valence-corrected chi connectivity index (χ4v) is 1.36. The van der Waals surface area contributed by atoms with Crippen molar-refractivity contribution in [2.45, 2.75) is 13.0 Å². The lowest BCUT2D eigenvalue weighted by molar-refractivity contribution is 0.635. The Kier molecular flexibility index (Phi) is 2.41. The maximum atomic E-state index is 4.47. The Morgan fingerprint density at radius 2 is 2.14 bits per heavy atom. The van der Waals surface area contributed by atoms with Crippen LogP contribution in [0.25, 0.3) is 11.0 Å². The third kappa shape index (κ3) is 1.59. The van der Waals surface area contributed by atoms with Crippen LogP contribution in [0.15, 0.2) is 30.5 Å². The van der Waals surface area contributed by atoms with E-state index in [-0.39, 0.29) is 6.04 Å². The normalized spacial score (nSPS) is 13.0. The lowest BCUT2D eigenvalue weighted by Crippen LogP contribution is -2.13. The second kappa shape index (κ2) is 3.72. The first-order chi connectivity index (χ1) is 6.81. The van der Waals surface area contributed by atoms with Gasteiger partial charge in [-0.2, -0.15) is 0 Å². The number of rotatable bonds is 2. The van der Waals surface area contributed by atoms with Crippen LogP contribution < -0.4 is 5.32 Å². The van der Waals surface area contributed by atoms with Gasteiger partial charge in [0.2, 0.25) is 0 Å². The predicted octanol–water partition coefficient (Wildman–Crippen LogP) is 1.91. The first kappa shape index (κ1) is 9.09. The van der Waals surface area contributed by atoms with Gasteiger partial charge in [0.15, 0.2) is 5.65 Å². The molecule has 1 atom stereocenters. The van der Waals surface area contributed by atoms with E-state index in [0.717, 1.165) is 16.7 Å². The predicted molar refractivity (Wildman–Crippen MR) is 57.0 cm³/mol. The molecule has 0 amide bonds. The summed E-state index contributed by atoms with van der Waals surface area (Å²) in [5, 5.41) is 4.24. The summed E-state index contributed by atoms with van der Waals surface area (Å²) >= 11 is 0. The molecule has 0 aliphatic carbocycles. The smallest absolute Gasteiger partial charge is 0.159 e. The molecule has 3 nitrogen and oxygen atoms in total. The highest BCUT2D eigenvalue weighted by atomic mass is 14.9. The minimum absolute atomic E-state index is 0.265. The van der Waals surface area contributed by atoms with E-state index in [1.807, 2.05) is 25.2 Å². The van der Waals surface area contributed by atoms with Crippen molar-refractivity contribution in [2.75, 3.05) is 7.05 Å². The molecule has 0 radical (unpaired) electrons. The van der Waals surface area contributed by atoms with Crippen molar-refractivity contribution >= 4 is 11.0 Å². The largest absolute Gasteiger partial charge is 0.312 e. The molecule has 2 rings (SSSR count). The van der Waals surface area contributed by atoms with Gasteiger partial charge in [0, 0.05) is 17.6 Å². The summed E-state index contributed by atoms with van der Waals surface area (Å²) in [5.41, 5.74) is 1.84. The van der Waals surface area contributed by atoms with Gasteiger partial charge in [0.05, 0.1) is 5.69 Å². The molecule has 2 aromatic rings. The highest BCUT2D eigenvalue weighted by Crippen LogP contribution is 2.13. The summed E-state index contributed by atoms with van der Waals surface area (Å²) in [6.07, 6.45) is 1.77. The Morgan fingerprint density at radius 1 is 1.29 bits per heavy atom. The fraction of sp³-hybridized carbons (Fsp3) is 0.273. The Balaban J connectivity index is 2.51. The van der Waals surface area contributed by atoms with Gasteiger partial charge >= 0.3 is 0 Å². The molecule has 0 spiro atoms. The molecular weight excluding hydrogens is 174 g/mol. The van der Waals surface area contributed by atoms with Crippen LogP contribution in [0, 0.1) is 0 Å². The Bertz CT molecular complexity index is 439. The number of hydrogen-bond donors (Lipinski definition) is 1. The lowest BCUT2D eigenvalue weighted by Gasteiger charge is -2.09. The van der Waals surface area contributed by atoms with Crippen molar-refractivity contribution in [1.29, 1.82) is 0 Å². The maximum Gasteiger partial charge on any atom is 0.159 e. The van der Waals surface area contributed by atoms with Crippen LogP contribution in [0.2, 0.25) is 0 Å². The van der Waals surface area contributed by atoms with Gasteiger partial charge in [-0.25, -0.2) is 9.97 Å². The molecule has 1 N–H and O–H groups in total. The van der Waals surface area contributed by atoms with Crippen LogP contribution in [0.5, 0.6) is 0 Å². The van der Waals surface area contributed by atoms with Gasteiger partial charge < -0.3 is 5.32 Å². The standard InChI is InChI=1S/C11H13N3/c1-8(12-2)10-6-5-9-4-3-7-13-11(9)14-10/h3-8,12H,1-2H3. The molecule has 0 aromatic carbocycles. The summed E-state index contributed by atoms with van der Waals surface area (Å²) in [4.78, 5) is 8.69. The molecule has 3 heteroatoms. The summed E-state index contributed by atoms with van der Waals surface area (Å²) in [6, 6.07) is 8.29. The average Bonchev–Trinajstić information content (AvgIpc) is 2.27. The van der Waals surface area contributed by atoms with Crippen LogP contribution in [0.3, 0.4) is 0 Å². The van der Waals surface area contributed by atoms with Gasteiger partial charge in [-0.05, 0) is 38.2 Å². The highest BCUT2D eigenvalue weighted by Gasteiger charge is 2.04. The van der Waals surface area contributed by atoms with Gasteiger partial charge in [0.1, 0.15) is 0 Å². The first-order valence-electron chi connectivity index (χ1n) is 4.70. The van der Waals surface area contributed by atoms with E-state index in [9.17, 15) is 0 Å².